The van der Waals surface area contributed by atoms with Gasteiger partial charge < -0.3 is 9.88 Å². The van der Waals surface area contributed by atoms with E-state index in [0.29, 0.717) is 6.54 Å². The predicted molar refractivity (Wildman–Crippen MR) is 76.3 cm³/mol. The van der Waals surface area contributed by atoms with Crippen LogP contribution in [-0.2, 0) is 20.1 Å². The summed E-state index contributed by atoms with van der Waals surface area (Å²) in [6, 6.07) is 0. The predicted octanol–water partition coefficient (Wildman–Crippen LogP) is 2.13. The van der Waals surface area contributed by atoms with Crippen LogP contribution in [-0.4, -0.2) is 25.9 Å². The molecule has 2 aromatic rings. The summed E-state index contributed by atoms with van der Waals surface area (Å²) in [5, 5.41) is 8.39. The normalized spacial score (nSPS) is 11.2. The summed E-state index contributed by atoms with van der Waals surface area (Å²) in [6.45, 7) is 6.58. The van der Waals surface area contributed by atoms with E-state index in [1.54, 1.807) is 0 Å². The van der Waals surface area contributed by atoms with E-state index in [1.807, 2.05) is 35.7 Å². The lowest BCUT2D eigenvalue weighted by Crippen LogP contribution is -2.13. The van der Waals surface area contributed by atoms with Crippen molar-refractivity contribution in [3.63, 3.8) is 0 Å². The molecule has 6 heteroatoms. The van der Waals surface area contributed by atoms with Crippen LogP contribution in [0.25, 0.3) is 0 Å². The fraction of sp³-hybridized carbons (Fsp3) is 0.538. The van der Waals surface area contributed by atoms with Gasteiger partial charge in [0.2, 0.25) is 0 Å². The largest absolute Gasteiger partial charge is 0.331 e. The number of nitrogens with zero attached hydrogens (tertiary/aromatic N) is 4. The van der Waals surface area contributed by atoms with Gasteiger partial charge in [-0.25, -0.2) is 4.98 Å². The lowest BCUT2D eigenvalue weighted by Gasteiger charge is -2.03. The van der Waals surface area contributed by atoms with Crippen LogP contribution in [0, 0.1) is 6.92 Å². The average Bonchev–Trinajstić information content (AvgIpc) is 2.91. The molecular weight excluding hydrogens is 262 g/mol. The van der Waals surface area contributed by atoms with Crippen molar-refractivity contribution < 1.29 is 0 Å². The minimum atomic E-state index is 0.691. The molecule has 0 aliphatic heterocycles. The molecule has 2 aromatic heterocycles. The van der Waals surface area contributed by atoms with Crippen LogP contribution in [0.1, 0.15) is 30.4 Å². The molecule has 0 aromatic carbocycles. The highest BCUT2D eigenvalue weighted by atomic mass is 35.5. The zero-order valence-electron chi connectivity index (χ0n) is 11.6. The molecular formula is C13H20ClN5. The third-order valence-electron chi connectivity index (χ3n) is 3.01. The van der Waals surface area contributed by atoms with Crippen LogP contribution in [0.15, 0.2) is 12.5 Å². The van der Waals surface area contributed by atoms with E-state index >= 15 is 0 Å². The first-order valence-corrected chi connectivity index (χ1v) is 6.89. The summed E-state index contributed by atoms with van der Waals surface area (Å²) in [5.74, 6) is 0. The van der Waals surface area contributed by atoms with Gasteiger partial charge in [0, 0.05) is 19.8 Å². The van der Waals surface area contributed by atoms with Crippen molar-refractivity contribution in [2.24, 2.45) is 7.05 Å². The Bertz CT molecular complexity index is 543. The Balaban J connectivity index is 2.03. The molecule has 0 spiro atoms. The highest BCUT2D eigenvalue weighted by Crippen LogP contribution is 2.20. The molecule has 0 amide bonds. The molecule has 0 saturated heterocycles. The fourth-order valence-electron chi connectivity index (χ4n) is 2.00. The first-order valence-electron chi connectivity index (χ1n) is 6.51. The summed E-state index contributed by atoms with van der Waals surface area (Å²) in [5.41, 5.74) is 2.91. The van der Waals surface area contributed by atoms with Gasteiger partial charge in [-0.3, -0.25) is 4.68 Å². The molecule has 2 heterocycles. The van der Waals surface area contributed by atoms with Gasteiger partial charge in [0.25, 0.3) is 0 Å². The second-order valence-corrected chi connectivity index (χ2v) is 5.06. The van der Waals surface area contributed by atoms with Gasteiger partial charge in [-0.05, 0) is 19.9 Å². The van der Waals surface area contributed by atoms with Crippen LogP contribution < -0.4 is 5.32 Å². The average molecular weight is 282 g/mol. The molecule has 0 aliphatic rings. The smallest absolute Gasteiger partial charge is 0.0953 e. The number of halogens is 1. The van der Waals surface area contributed by atoms with E-state index in [9.17, 15) is 0 Å². The third kappa shape index (κ3) is 3.36. The van der Waals surface area contributed by atoms with Crippen LogP contribution in [0.5, 0.6) is 0 Å². The maximum atomic E-state index is 6.24. The van der Waals surface area contributed by atoms with Crippen molar-refractivity contribution in [3.8, 4) is 0 Å². The minimum absolute atomic E-state index is 0.691. The number of hydrogen-bond donors (Lipinski definition) is 1. The molecule has 0 saturated carbocycles. The maximum absolute atomic E-state index is 6.24. The number of nitrogens with one attached hydrogen (secondary N) is 1. The highest BCUT2D eigenvalue weighted by Gasteiger charge is 2.11. The molecule has 0 atom stereocenters. The lowest BCUT2D eigenvalue weighted by molar-refractivity contribution is 0.657. The van der Waals surface area contributed by atoms with Gasteiger partial charge in [0.1, 0.15) is 0 Å². The monoisotopic (exact) mass is 281 g/mol. The first kappa shape index (κ1) is 14.1. The number of aromatic nitrogens is 4. The van der Waals surface area contributed by atoms with Crippen LogP contribution >= 0.6 is 11.6 Å². The van der Waals surface area contributed by atoms with E-state index in [-0.39, 0.29) is 0 Å². The topological polar surface area (TPSA) is 47.7 Å². The Hall–Kier alpha value is -1.33. The molecule has 104 valence electrons. The van der Waals surface area contributed by atoms with Crippen molar-refractivity contribution in [2.45, 2.75) is 33.4 Å². The lowest BCUT2D eigenvalue weighted by atomic mass is 10.3. The Kier molecular flexibility index (Phi) is 4.61. The molecule has 1 N–H and O–H groups in total. The second-order valence-electron chi connectivity index (χ2n) is 4.68. The number of imidazole rings is 1. The molecule has 0 aliphatic carbocycles. The van der Waals surface area contributed by atoms with Gasteiger partial charge >= 0.3 is 0 Å². The SMILES string of the molecule is CCCNCc1cn(Cc2c(Cl)c(C)nn2C)cn1. The van der Waals surface area contributed by atoms with E-state index in [2.05, 4.69) is 22.3 Å². The zero-order chi connectivity index (χ0) is 13.8. The molecule has 2 rings (SSSR count). The van der Waals surface area contributed by atoms with Crippen molar-refractivity contribution in [2.75, 3.05) is 6.54 Å². The summed E-state index contributed by atoms with van der Waals surface area (Å²) in [4.78, 5) is 4.38. The second kappa shape index (κ2) is 6.21. The van der Waals surface area contributed by atoms with E-state index in [0.717, 1.165) is 41.6 Å². The molecule has 0 unspecified atom stereocenters. The Morgan fingerprint density at radius 2 is 2.21 bits per heavy atom. The molecule has 0 radical (unpaired) electrons. The van der Waals surface area contributed by atoms with Crippen molar-refractivity contribution in [1.29, 1.82) is 0 Å². The Morgan fingerprint density at radius 3 is 2.84 bits per heavy atom. The van der Waals surface area contributed by atoms with Crippen molar-refractivity contribution >= 4 is 11.6 Å². The van der Waals surface area contributed by atoms with Crippen LogP contribution in [0.2, 0.25) is 5.02 Å². The molecule has 5 nitrogen and oxygen atoms in total. The summed E-state index contributed by atoms with van der Waals surface area (Å²) >= 11 is 6.24. The Labute approximate surface area is 118 Å². The van der Waals surface area contributed by atoms with Crippen molar-refractivity contribution in [3.05, 3.63) is 34.6 Å². The number of aryl methyl sites for hydroxylation is 2. The summed E-state index contributed by atoms with van der Waals surface area (Å²) < 4.78 is 3.86. The highest BCUT2D eigenvalue weighted by molar-refractivity contribution is 6.31. The van der Waals surface area contributed by atoms with Gasteiger partial charge in [-0.2, -0.15) is 5.10 Å². The zero-order valence-corrected chi connectivity index (χ0v) is 12.4. The van der Waals surface area contributed by atoms with Gasteiger partial charge in [-0.1, -0.05) is 18.5 Å². The molecule has 0 fully saturated rings. The van der Waals surface area contributed by atoms with Crippen LogP contribution in [0.4, 0.5) is 0 Å². The Morgan fingerprint density at radius 1 is 1.42 bits per heavy atom. The number of hydrogen-bond acceptors (Lipinski definition) is 3. The van der Waals surface area contributed by atoms with Gasteiger partial charge in [0.05, 0.1) is 35.0 Å². The van der Waals surface area contributed by atoms with Gasteiger partial charge in [0.15, 0.2) is 0 Å². The quantitative estimate of drug-likeness (QED) is 0.825. The number of rotatable bonds is 6. The third-order valence-corrected chi connectivity index (χ3v) is 3.51. The molecule has 19 heavy (non-hydrogen) atoms. The maximum Gasteiger partial charge on any atom is 0.0953 e. The van der Waals surface area contributed by atoms with Crippen LogP contribution in [0.3, 0.4) is 0 Å². The summed E-state index contributed by atoms with van der Waals surface area (Å²) in [6.07, 6.45) is 5.01. The fourth-order valence-corrected chi connectivity index (χ4v) is 2.22. The standard InChI is InChI=1S/C13H20ClN5/c1-4-5-15-6-11-7-19(9-16-11)8-12-13(14)10(2)17-18(12)3/h7,9,15H,4-6,8H2,1-3H3. The van der Waals surface area contributed by atoms with E-state index in [4.69, 9.17) is 11.6 Å². The molecule has 0 bridgehead atoms. The summed E-state index contributed by atoms with van der Waals surface area (Å²) in [7, 11) is 1.91. The first-order chi connectivity index (χ1) is 9.11. The van der Waals surface area contributed by atoms with Gasteiger partial charge in [-0.15, -0.1) is 0 Å². The van der Waals surface area contributed by atoms with Crippen molar-refractivity contribution in [1.82, 2.24) is 24.6 Å². The van der Waals surface area contributed by atoms with E-state index < -0.39 is 0 Å². The van der Waals surface area contributed by atoms with E-state index in [1.165, 1.54) is 0 Å². The minimum Gasteiger partial charge on any atom is -0.331 e.